The highest BCUT2D eigenvalue weighted by Gasteiger charge is 2.17. The van der Waals surface area contributed by atoms with Crippen LogP contribution in [0.5, 0.6) is 11.6 Å². The van der Waals surface area contributed by atoms with E-state index in [2.05, 4.69) is 15.2 Å². The minimum absolute atomic E-state index is 0.0322. The van der Waals surface area contributed by atoms with Crippen molar-refractivity contribution >= 4 is 22.9 Å². The fourth-order valence-corrected chi connectivity index (χ4v) is 3.48. The van der Waals surface area contributed by atoms with Gasteiger partial charge in [0.2, 0.25) is 5.88 Å². The Balaban J connectivity index is 1.80. The van der Waals surface area contributed by atoms with Gasteiger partial charge in [-0.15, -0.1) is 10.2 Å². The van der Waals surface area contributed by atoms with Crippen molar-refractivity contribution < 1.29 is 19.0 Å². The van der Waals surface area contributed by atoms with Gasteiger partial charge in [-0.05, 0) is 26.0 Å². The molecule has 0 spiro atoms. The fourth-order valence-electron chi connectivity index (χ4n) is 2.32. The zero-order chi connectivity index (χ0) is 21.0. The highest BCUT2D eigenvalue weighted by molar-refractivity contribution is 7.18. The largest absolute Gasteiger partial charge is 0.489 e. The van der Waals surface area contributed by atoms with Crippen molar-refractivity contribution in [2.75, 3.05) is 13.2 Å². The lowest BCUT2D eigenvalue weighted by Crippen LogP contribution is -2.31. The van der Waals surface area contributed by atoms with Gasteiger partial charge in [0.25, 0.3) is 0 Å². The Labute approximate surface area is 176 Å². The molecule has 0 bridgehead atoms. The quantitative estimate of drug-likeness (QED) is 0.554. The molecule has 29 heavy (non-hydrogen) atoms. The zero-order valence-corrected chi connectivity index (χ0v) is 17.4. The number of hydrogen-bond acceptors (Lipinski definition) is 8. The van der Waals surface area contributed by atoms with Crippen LogP contribution in [0, 0.1) is 5.82 Å². The number of nitrogens with two attached hydrogens (primary N) is 1. The van der Waals surface area contributed by atoms with Crippen LogP contribution in [0.1, 0.15) is 13.8 Å². The number of benzene rings is 1. The highest BCUT2D eigenvalue weighted by Crippen LogP contribution is 2.37. The molecule has 0 saturated heterocycles. The second kappa shape index (κ2) is 9.45. The van der Waals surface area contributed by atoms with Gasteiger partial charge >= 0.3 is 0 Å². The lowest BCUT2D eigenvalue weighted by Gasteiger charge is -2.12. The summed E-state index contributed by atoms with van der Waals surface area (Å²) in [6, 6.07) is 5.58. The average Bonchev–Trinajstić information content (AvgIpc) is 3.18. The van der Waals surface area contributed by atoms with Crippen LogP contribution in [0.3, 0.4) is 0 Å². The smallest absolute Gasteiger partial charge is 0.213 e. The van der Waals surface area contributed by atoms with Gasteiger partial charge in [-0.3, -0.25) is 0 Å². The van der Waals surface area contributed by atoms with E-state index >= 15 is 0 Å². The van der Waals surface area contributed by atoms with Crippen LogP contribution in [0.2, 0.25) is 5.02 Å². The lowest BCUT2D eigenvalue weighted by molar-refractivity contribution is 0.202. The number of aliphatic hydroxyl groups is 1. The van der Waals surface area contributed by atoms with E-state index in [-0.39, 0.29) is 30.1 Å². The van der Waals surface area contributed by atoms with E-state index in [1.807, 2.05) is 19.9 Å². The van der Waals surface area contributed by atoms with Gasteiger partial charge in [-0.25, -0.2) is 9.37 Å². The molecule has 3 aromatic rings. The Morgan fingerprint density at radius 3 is 2.66 bits per heavy atom. The maximum absolute atomic E-state index is 14.4. The Morgan fingerprint density at radius 1 is 1.24 bits per heavy atom. The van der Waals surface area contributed by atoms with E-state index in [1.165, 1.54) is 23.5 Å². The Bertz CT molecular complexity index is 969. The van der Waals surface area contributed by atoms with Crippen LogP contribution in [0.15, 0.2) is 30.5 Å². The normalized spacial score (nSPS) is 12.2. The number of pyridine rings is 1. The molecule has 1 atom stereocenters. The number of aromatic nitrogens is 3. The fraction of sp³-hybridized carbons (Fsp3) is 0.316. The average molecular weight is 439 g/mol. The molecule has 0 unspecified atom stereocenters. The molecule has 10 heteroatoms. The molecule has 2 aromatic heterocycles. The van der Waals surface area contributed by atoms with E-state index < -0.39 is 11.9 Å². The van der Waals surface area contributed by atoms with Crippen LogP contribution in [0.25, 0.3) is 21.1 Å². The third-order valence-corrected chi connectivity index (χ3v) is 5.02. The van der Waals surface area contributed by atoms with Crippen molar-refractivity contribution in [3.63, 3.8) is 0 Å². The molecule has 0 saturated carbocycles. The number of halogens is 2. The van der Waals surface area contributed by atoms with E-state index in [4.69, 9.17) is 31.9 Å². The molecule has 0 amide bonds. The number of ether oxygens (including phenoxy) is 2. The second-order valence-corrected chi connectivity index (χ2v) is 7.86. The van der Waals surface area contributed by atoms with Gasteiger partial charge in [0, 0.05) is 29.5 Å². The van der Waals surface area contributed by atoms with Crippen molar-refractivity contribution in [1.29, 1.82) is 0 Å². The summed E-state index contributed by atoms with van der Waals surface area (Å²) in [5.41, 5.74) is 6.73. The topological polar surface area (TPSA) is 103 Å². The maximum atomic E-state index is 14.4. The highest BCUT2D eigenvalue weighted by atomic mass is 35.5. The summed E-state index contributed by atoms with van der Waals surface area (Å²) in [6.07, 6.45) is 1.68. The van der Waals surface area contributed by atoms with E-state index in [0.717, 1.165) is 5.56 Å². The Kier molecular flexibility index (Phi) is 6.96. The number of rotatable bonds is 8. The first kappa shape index (κ1) is 21.4. The monoisotopic (exact) mass is 438 g/mol. The molecule has 0 aliphatic heterocycles. The van der Waals surface area contributed by atoms with E-state index in [1.54, 1.807) is 12.3 Å². The minimum Gasteiger partial charge on any atom is -0.489 e. The number of nitrogens with zero attached hydrogens (tertiary/aromatic N) is 3. The van der Waals surface area contributed by atoms with E-state index in [0.29, 0.717) is 21.5 Å². The predicted octanol–water partition coefficient (Wildman–Crippen LogP) is 3.55. The zero-order valence-electron chi connectivity index (χ0n) is 15.8. The molecule has 7 nitrogen and oxygen atoms in total. The SMILES string of the molecule is CC(C)Oc1ccc(-c2nnc(-c3cc(F)c(OC[C@@H](N)CO)cc3Cl)s2)cn1. The predicted molar refractivity (Wildman–Crippen MR) is 110 cm³/mol. The third-order valence-electron chi connectivity index (χ3n) is 3.70. The summed E-state index contributed by atoms with van der Waals surface area (Å²) in [6.45, 7) is 3.55. The van der Waals surface area contributed by atoms with Gasteiger partial charge in [0.05, 0.1) is 23.8 Å². The van der Waals surface area contributed by atoms with Crippen molar-refractivity contribution in [2.24, 2.45) is 5.73 Å². The van der Waals surface area contributed by atoms with Crippen LogP contribution >= 0.6 is 22.9 Å². The first-order valence-corrected chi connectivity index (χ1v) is 10.0. The number of aliphatic hydroxyl groups excluding tert-OH is 1. The van der Waals surface area contributed by atoms with Crippen LogP contribution in [-0.4, -0.2) is 45.6 Å². The minimum atomic E-state index is -0.608. The molecule has 3 N–H and O–H groups in total. The van der Waals surface area contributed by atoms with Crippen molar-refractivity contribution in [3.05, 3.63) is 41.3 Å². The summed E-state index contributed by atoms with van der Waals surface area (Å²) < 4.78 is 25.2. The van der Waals surface area contributed by atoms with E-state index in [9.17, 15) is 4.39 Å². The molecule has 0 radical (unpaired) electrons. The summed E-state index contributed by atoms with van der Waals surface area (Å²) in [4.78, 5) is 4.25. The lowest BCUT2D eigenvalue weighted by atomic mass is 10.2. The molecule has 3 rings (SSSR count). The van der Waals surface area contributed by atoms with Gasteiger partial charge in [-0.2, -0.15) is 0 Å². The van der Waals surface area contributed by atoms with Gasteiger partial charge in [-0.1, -0.05) is 22.9 Å². The molecule has 0 aliphatic rings. The molecular formula is C19H20ClFN4O3S. The second-order valence-electron chi connectivity index (χ2n) is 6.48. The maximum Gasteiger partial charge on any atom is 0.213 e. The van der Waals surface area contributed by atoms with Crippen molar-refractivity contribution in [1.82, 2.24) is 15.2 Å². The third kappa shape index (κ3) is 5.39. The molecule has 2 heterocycles. The summed E-state index contributed by atoms with van der Waals surface area (Å²) >= 11 is 7.55. The molecule has 0 aliphatic carbocycles. The first-order chi connectivity index (χ1) is 13.9. The molecule has 0 fully saturated rings. The first-order valence-electron chi connectivity index (χ1n) is 8.82. The van der Waals surface area contributed by atoms with Gasteiger partial charge in [0.15, 0.2) is 11.6 Å². The standard InChI is InChI=1S/C19H20ClFN4O3S/c1-10(2)28-17-4-3-11(7-23-17)18-24-25-19(29-18)13-5-15(21)16(6-14(13)20)27-9-12(22)8-26/h3-7,10,12,26H,8-9,22H2,1-2H3/t12-/m0/s1. The van der Waals surface area contributed by atoms with Gasteiger partial charge in [0.1, 0.15) is 16.6 Å². The molecular weight excluding hydrogens is 419 g/mol. The molecule has 1 aromatic carbocycles. The Hall–Kier alpha value is -2.33. The summed E-state index contributed by atoms with van der Waals surface area (Å²) in [5.74, 6) is -0.129. The summed E-state index contributed by atoms with van der Waals surface area (Å²) in [7, 11) is 0. The Morgan fingerprint density at radius 2 is 2.00 bits per heavy atom. The molecule has 154 valence electrons. The van der Waals surface area contributed by atoms with Crippen LogP contribution in [-0.2, 0) is 0 Å². The summed E-state index contributed by atoms with van der Waals surface area (Å²) in [5, 5.41) is 18.5. The van der Waals surface area contributed by atoms with Crippen molar-refractivity contribution in [3.8, 4) is 32.8 Å². The van der Waals surface area contributed by atoms with Gasteiger partial charge < -0.3 is 20.3 Å². The number of hydrogen-bond donors (Lipinski definition) is 2. The van der Waals surface area contributed by atoms with Crippen LogP contribution in [0.4, 0.5) is 4.39 Å². The van der Waals surface area contributed by atoms with Crippen LogP contribution < -0.4 is 15.2 Å². The van der Waals surface area contributed by atoms with Crippen molar-refractivity contribution in [2.45, 2.75) is 26.0 Å².